The third-order valence-corrected chi connectivity index (χ3v) is 11.7. The Bertz CT molecular complexity index is 1810. The molecule has 4 nitrogen and oxygen atoms in total. The van der Waals surface area contributed by atoms with Crippen molar-refractivity contribution < 1.29 is 7.84 Å². The maximum absolute atomic E-state index is 13.8. The summed E-state index contributed by atoms with van der Waals surface area (Å²) in [5.41, 5.74) is 8.21. The molecule has 0 bridgehead atoms. The molecule has 6 rings (SSSR count). The van der Waals surface area contributed by atoms with Crippen LogP contribution in [0.2, 0.25) is 0 Å². The van der Waals surface area contributed by atoms with Crippen LogP contribution in [0.25, 0.3) is 33.6 Å². The molecule has 0 amide bonds. The van der Waals surface area contributed by atoms with E-state index in [1.165, 1.54) is 11.1 Å². The van der Waals surface area contributed by atoms with Gasteiger partial charge in [0.05, 0.1) is 0 Å². The molecule has 5 aromatic rings. The van der Waals surface area contributed by atoms with E-state index >= 15 is 0 Å². The van der Waals surface area contributed by atoms with Gasteiger partial charge in [0.2, 0.25) is 0 Å². The van der Waals surface area contributed by atoms with Crippen molar-refractivity contribution in [3.63, 3.8) is 0 Å². The fourth-order valence-corrected chi connectivity index (χ4v) is 9.29. The molecule has 1 aliphatic heterocycles. The molecule has 0 fully saturated rings. The van der Waals surface area contributed by atoms with E-state index in [9.17, 15) is 3.10 Å². The first-order valence-corrected chi connectivity index (χ1v) is 17.2. The second-order valence-electron chi connectivity index (χ2n) is 12.6. The quantitative estimate of drug-likeness (QED) is 0.183. The second kappa shape index (κ2) is 10.3. The summed E-state index contributed by atoms with van der Waals surface area (Å²) < 4.78 is 22.2. The van der Waals surface area contributed by atoms with Crippen LogP contribution < -0.4 is 12.0 Å². The van der Waals surface area contributed by atoms with Crippen molar-refractivity contribution in [3.8, 4) is 45.1 Å². The molecule has 5 heteroatoms. The second-order valence-corrected chi connectivity index (χ2v) is 16.6. The summed E-state index contributed by atoms with van der Waals surface area (Å²) in [5, 5.41) is 0. The minimum absolute atomic E-state index is 0.0244. The summed E-state index contributed by atoms with van der Waals surface area (Å²) in [4.78, 5) is 9.42. The van der Waals surface area contributed by atoms with E-state index in [0.29, 0.717) is 11.5 Å². The average molecular weight is 654 g/mol. The Kier molecular flexibility index (Phi) is 6.92. The molecule has 3 heterocycles. The van der Waals surface area contributed by atoms with Crippen LogP contribution in [0.1, 0.15) is 52.7 Å². The van der Waals surface area contributed by atoms with Crippen LogP contribution in [-0.4, -0.2) is 29.5 Å². The zero-order valence-electron chi connectivity index (χ0n) is 24.4. The summed E-state index contributed by atoms with van der Waals surface area (Å²) in [6, 6.07) is 28.5. The van der Waals surface area contributed by atoms with Crippen LogP contribution in [0.5, 0.6) is 11.5 Å². The Morgan fingerprint density at radius 1 is 0.610 bits per heavy atom. The molecule has 0 saturated carbocycles. The number of hydrogen-bond donors (Lipinski definition) is 0. The molecular weight excluding hydrogens is 620 g/mol. The van der Waals surface area contributed by atoms with E-state index in [1.54, 1.807) is 0 Å². The van der Waals surface area contributed by atoms with Gasteiger partial charge in [0.25, 0.3) is 0 Å². The van der Waals surface area contributed by atoms with Crippen molar-refractivity contribution in [3.05, 3.63) is 108 Å². The fraction of sp³-hybridized carbons (Fsp3) is 0.222. The van der Waals surface area contributed by atoms with Crippen molar-refractivity contribution in [2.45, 2.75) is 52.4 Å². The summed E-state index contributed by atoms with van der Waals surface area (Å²) >= 11 is -3.00. The van der Waals surface area contributed by atoms with Crippen LogP contribution in [0.4, 0.5) is 0 Å². The molecule has 0 radical (unpaired) electrons. The van der Waals surface area contributed by atoms with Crippen molar-refractivity contribution in [1.82, 2.24) is 9.97 Å². The van der Waals surface area contributed by atoms with Gasteiger partial charge in [0, 0.05) is 0 Å². The van der Waals surface area contributed by atoms with Gasteiger partial charge in [-0.3, -0.25) is 0 Å². The molecule has 2 aromatic heterocycles. The van der Waals surface area contributed by atoms with Gasteiger partial charge in [-0.05, 0) is 0 Å². The summed E-state index contributed by atoms with van der Waals surface area (Å²) in [6.45, 7) is 13.2. The number of benzene rings is 3. The summed E-state index contributed by atoms with van der Waals surface area (Å²) in [6.07, 6.45) is 3.74. The number of ether oxygens (including phenoxy) is 1. The predicted octanol–water partition coefficient (Wildman–Crippen LogP) is 7.71. The van der Waals surface area contributed by atoms with Gasteiger partial charge in [-0.15, -0.1) is 0 Å². The molecule has 0 saturated heterocycles. The van der Waals surface area contributed by atoms with Crippen molar-refractivity contribution >= 4 is 26.8 Å². The Hall–Kier alpha value is -3.65. The zero-order valence-corrected chi connectivity index (χ0v) is 26.7. The molecule has 0 spiro atoms. The van der Waals surface area contributed by atoms with Crippen molar-refractivity contribution in [2.75, 3.05) is 0 Å². The number of aromatic nitrogens is 2. The Balaban J connectivity index is 1.45. The standard InChI is InChI=1S/C36H34N2O2Te/c1-35(2,3)24-14-16-37-30(19-24)23-10-9-11-26(18-23)40-27-21-29(31-20-25(15-17-38-31)36(4,5)6)34-28-12-7-8-13-32(28)41(39)33(34)22-27/h7-22H,1-6H3. The maximum atomic E-state index is 13.8. The molecule has 0 unspecified atom stereocenters. The van der Waals surface area contributed by atoms with Crippen molar-refractivity contribution in [2.24, 2.45) is 0 Å². The molecule has 41 heavy (non-hydrogen) atoms. The SMILES string of the molecule is CC(C)(C)c1ccnc(-c2cccc(Oc3cc(-c4cc(C(C)(C)C)ccn4)c4c(c3)[Te](=O)c3ccccc3-4)c2)c1. The van der Waals surface area contributed by atoms with Crippen LogP contribution in [0, 0.1) is 0 Å². The van der Waals surface area contributed by atoms with Gasteiger partial charge in [-0.1, -0.05) is 0 Å². The van der Waals surface area contributed by atoms with Crippen LogP contribution >= 0.6 is 0 Å². The monoisotopic (exact) mass is 656 g/mol. The van der Waals surface area contributed by atoms with Gasteiger partial charge >= 0.3 is 251 Å². The molecule has 206 valence electrons. The topological polar surface area (TPSA) is 52.1 Å². The number of nitrogens with zero attached hydrogens (tertiary/aromatic N) is 2. The van der Waals surface area contributed by atoms with E-state index in [0.717, 1.165) is 40.9 Å². The number of rotatable bonds is 4. The van der Waals surface area contributed by atoms with E-state index in [4.69, 9.17) is 9.72 Å². The summed E-state index contributed by atoms with van der Waals surface area (Å²) in [7, 11) is 0. The Morgan fingerprint density at radius 2 is 1.27 bits per heavy atom. The first-order valence-electron chi connectivity index (χ1n) is 13.9. The molecule has 0 atom stereocenters. The average Bonchev–Trinajstić information content (AvgIpc) is 3.24. The zero-order chi connectivity index (χ0) is 28.9. The Labute approximate surface area is 249 Å². The minimum atomic E-state index is -3.00. The molecular formula is C36H34N2O2Te. The normalized spacial score (nSPS) is 13.1. The van der Waals surface area contributed by atoms with Crippen LogP contribution in [0.3, 0.4) is 0 Å². The molecule has 0 N–H and O–H groups in total. The van der Waals surface area contributed by atoms with E-state index in [2.05, 4.69) is 82.9 Å². The number of fused-ring (bicyclic) bond motifs is 3. The van der Waals surface area contributed by atoms with Crippen molar-refractivity contribution in [1.29, 1.82) is 0 Å². The van der Waals surface area contributed by atoms with Gasteiger partial charge in [0.15, 0.2) is 0 Å². The Morgan fingerprint density at radius 3 is 1.98 bits per heavy atom. The van der Waals surface area contributed by atoms with Crippen LogP contribution in [0.15, 0.2) is 97.3 Å². The summed E-state index contributed by atoms with van der Waals surface area (Å²) in [5.74, 6) is 1.36. The van der Waals surface area contributed by atoms with Crippen LogP contribution in [-0.2, 0) is 13.9 Å². The van der Waals surface area contributed by atoms with E-state index in [-0.39, 0.29) is 10.8 Å². The molecule has 1 aliphatic rings. The fourth-order valence-electron chi connectivity index (χ4n) is 5.18. The van der Waals surface area contributed by atoms with E-state index in [1.807, 2.05) is 60.9 Å². The first-order chi connectivity index (χ1) is 19.5. The molecule has 0 aliphatic carbocycles. The van der Waals surface area contributed by atoms with E-state index < -0.39 is 19.5 Å². The number of pyridine rings is 2. The third-order valence-electron chi connectivity index (χ3n) is 7.52. The third kappa shape index (κ3) is 5.37. The first kappa shape index (κ1) is 27.5. The van der Waals surface area contributed by atoms with Gasteiger partial charge in [-0.2, -0.15) is 0 Å². The van der Waals surface area contributed by atoms with Gasteiger partial charge < -0.3 is 0 Å². The van der Waals surface area contributed by atoms with Gasteiger partial charge in [0.1, 0.15) is 0 Å². The number of hydrogen-bond acceptors (Lipinski definition) is 4. The molecule has 3 aromatic carbocycles. The predicted molar refractivity (Wildman–Crippen MR) is 168 cm³/mol. The van der Waals surface area contributed by atoms with Gasteiger partial charge in [-0.25, -0.2) is 0 Å².